The minimum absolute atomic E-state index is 0.798. The fraction of sp³-hybridized carbons (Fsp3) is 0.438. The highest BCUT2D eigenvalue weighted by Crippen LogP contribution is 2.24. The molecule has 0 saturated carbocycles. The van der Waals surface area contributed by atoms with Crippen LogP contribution in [0.15, 0.2) is 24.8 Å². The van der Waals surface area contributed by atoms with Gasteiger partial charge in [-0.15, -0.1) is 6.58 Å². The molecule has 102 valence electrons. The molecule has 3 nitrogen and oxygen atoms in total. The number of aldehydes is 1. The number of piperazine rings is 1. The molecule has 0 unspecified atom stereocenters. The molecule has 0 aromatic heterocycles. The first-order chi connectivity index (χ1) is 9.15. The van der Waals surface area contributed by atoms with Crippen molar-refractivity contribution in [2.75, 3.05) is 37.6 Å². The molecule has 1 aromatic carbocycles. The lowest BCUT2D eigenvalue weighted by Gasteiger charge is -2.36. The molecule has 1 aliphatic heterocycles. The van der Waals surface area contributed by atoms with Crippen molar-refractivity contribution in [3.63, 3.8) is 0 Å². The van der Waals surface area contributed by atoms with Gasteiger partial charge in [0.1, 0.15) is 6.29 Å². The van der Waals surface area contributed by atoms with E-state index in [4.69, 9.17) is 0 Å². The molecule has 1 saturated heterocycles. The van der Waals surface area contributed by atoms with E-state index >= 15 is 0 Å². The number of hydrogen-bond donors (Lipinski definition) is 0. The van der Waals surface area contributed by atoms with E-state index in [0.29, 0.717) is 0 Å². The Kier molecular flexibility index (Phi) is 4.38. The Balaban J connectivity index is 2.13. The van der Waals surface area contributed by atoms with Gasteiger partial charge in [0.25, 0.3) is 0 Å². The van der Waals surface area contributed by atoms with E-state index in [1.54, 1.807) is 0 Å². The molecule has 0 N–H and O–H groups in total. The summed E-state index contributed by atoms with van der Waals surface area (Å²) in [4.78, 5) is 15.8. The maximum absolute atomic E-state index is 11.0. The Morgan fingerprint density at radius 2 is 1.84 bits per heavy atom. The monoisotopic (exact) mass is 258 g/mol. The predicted octanol–water partition coefficient (Wildman–Crippen LogP) is 2.42. The van der Waals surface area contributed by atoms with Crippen molar-refractivity contribution < 1.29 is 4.79 Å². The van der Waals surface area contributed by atoms with E-state index in [1.807, 2.05) is 19.1 Å². The van der Waals surface area contributed by atoms with Gasteiger partial charge in [0.15, 0.2) is 0 Å². The molecule has 0 bridgehead atoms. The second-order valence-corrected chi connectivity index (χ2v) is 5.19. The third kappa shape index (κ3) is 3.04. The first-order valence-electron chi connectivity index (χ1n) is 6.80. The smallest absolute Gasteiger partial charge is 0.150 e. The van der Waals surface area contributed by atoms with Crippen molar-refractivity contribution in [1.82, 2.24) is 4.90 Å². The van der Waals surface area contributed by atoms with E-state index in [9.17, 15) is 4.79 Å². The number of nitrogens with zero attached hydrogens (tertiary/aromatic N) is 2. The third-order valence-electron chi connectivity index (χ3n) is 3.81. The Hall–Kier alpha value is -1.61. The second-order valence-electron chi connectivity index (χ2n) is 5.19. The number of hydrogen-bond acceptors (Lipinski definition) is 3. The van der Waals surface area contributed by atoms with Crippen LogP contribution in [-0.2, 0) is 0 Å². The minimum Gasteiger partial charge on any atom is -0.369 e. The van der Waals surface area contributed by atoms with Crippen LogP contribution in [0.3, 0.4) is 0 Å². The van der Waals surface area contributed by atoms with Crippen LogP contribution < -0.4 is 4.90 Å². The van der Waals surface area contributed by atoms with E-state index < -0.39 is 0 Å². The van der Waals surface area contributed by atoms with Gasteiger partial charge >= 0.3 is 0 Å². The fourth-order valence-electron chi connectivity index (χ4n) is 2.64. The van der Waals surface area contributed by atoms with Crippen LogP contribution in [0.1, 0.15) is 21.5 Å². The lowest BCUT2D eigenvalue weighted by Crippen LogP contribution is -2.46. The maximum Gasteiger partial charge on any atom is 0.150 e. The zero-order chi connectivity index (χ0) is 13.8. The normalized spacial score (nSPS) is 16.4. The van der Waals surface area contributed by atoms with Gasteiger partial charge in [0.05, 0.1) is 0 Å². The molecule has 0 radical (unpaired) electrons. The highest BCUT2D eigenvalue weighted by atomic mass is 16.1. The summed E-state index contributed by atoms with van der Waals surface area (Å²) in [7, 11) is 0. The Morgan fingerprint density at radius 3 is 2.42 bits per heavy atom. The lowest BCUT2D eigenvalue weighted by molar-refractivity contribution is 0.112. The summed E-state index contributed by atoms with van der Waals surface area (Å²) >= 11 is 0. The molecule has 1 heterocycles. The van der Waals surface area contributed by atoms with Crippen molar-refractivity contribution in [2.24, 2.45) is 0 Å². The second kappa shape index (κ2) is 6.02. The zero-order valence-electron chi connectivity index (χ0n) is 11.9. The van der Waals surface area contributed by atoms with E-state index in [0.717, 1.165) is 50.1 Å². The average Bonchev–Trinajstić information content (AvgIpc) is 2.42. The largest absolute Gasteiger partial charge is 0.369 e. The fourth-order valence-corrected chi connectivity index (χ4v) is 2.64. The molecule has 1 fully saturated rings. The average molecular weight is 258 g/mol. The number of benzene rings is 1. The van der Waals surface area contributed by atoms with Gasteiger partial charge in [-0.25, -0.2) is 0 Å². The highest BCUT2D eigenvalue weighted by Gasteiger charge is 2.18. The molecular weight excluding hydrogens is 236 g/mol. The van der Waals surface area contributed by atoms with Crippen molar-refractivity contribution in [2.45, 2.75) is 13.8 Å². The van der Waals surface area contributed by atoms with E-state index in [2.05, 4.69) is 29.4 Å². The van der Waals surface area contributed by atoms with Crippen LogP contribution in [0.5, 0.6) is 0 Å². The third-order valence-corrected chi connectivity index (χ3v) is 3.81. The van der Waals surface area contributed by atoms with Crippen LogP contribution in [0.4, 0.5) is 5.69 Å². The van der Waals surface area contributed by atoms with Gasteiger partial charge in [-0.1, -0.05) is 6.08 Å². The summed E-state index contributed by atoms with van der Waals surface area (Å²) in [6.07, 6.45) is 2.90. The number of anilines is 1. The molecule has 19 heavy (non-hydrogen) atoms. The van der Waals surface area contributed by atoms with Gasteiger partial charge in [-0.3, -0.25) is 9.69 Å². The first-order valence-corrected chi connectivity index (χ1v) is 6.80. The molecule has 1 aliphatic rings. The van der Waals surface area contributed by atoms with Gasteiger partial charge in [-0.05, 0) is 37.1 Å². The molecule has 0 amide bonds. The van der Waals surface area contributed by atoms with Gasteiger partial charge in [-0.2, -0.15) is 0 Å². The Morgan fingerprint density at radius 1 is 1.16 bits per heavy atom. The van der Waals surface area contributed by atoms with Crippen LogP contribution in [0.2, 0.25) is 0 Å². The van der Waals surface area contributed by atoms with Crippen molar-refractivity contribution in [1.29, 1.82) is 0 Å². The predicted molar refractivity (Wildman–Crippen MR) is 80.2 cm³/mol. The summed E-state index contributed by atoms with van der Waals surface area (Å²) in [5.41, 5.74) is 4.31. The summed E-state index contributed by atoms with van der Waals surface area (Å²) in [6, 6.07) is 4.13. The summed E-state index contributed by atoms with van der Waals surface area (Å²) in [6.45, 7) is 13.0. The van der Waals surface area contributed by atoms with Crippen LogP contribution >= 0.6 is 0 Å². The quantitative estimate of drug-likeness (QED) is 0.612. The molecule has 3 heteroatoms. The zero-order valence-corrected chi connectivity index (χ0v) is 11.9. The number of carbonyl (C=O) groups excluding carboxylic acids is 1. The molecule has 2 rings (SSSR count). The van der Waals surface area contributed by atoms with Crippen LogP contribution in [0, 0.1) is 13.8 Å². The summed E-state index contributed by atoms with van der Waals surface area (Å²) < 4.78 is 0. The van der Waals surface area contributed by atoms with Crippen LogP contribution in [0.25, 0.3) is 0 Å². The summed E-state index contributed by atoms with van der Waals surface area (Å²) in [5, 5.41) is 0. The van der Waals surface area contributed by atoms with E-state index in [1.165, 1.54) is 11.3 Å². The maximum atomic E-state index is 11.0. The van der Waals surface area contributed by atoms with Gasteiger partial charge in [0.2, 0.25) is 0 Å². The number of aryl methyl sites for hydroxylation is 2. The minimum atomic E-state index is 0.798. The summed E-state index contributed by atoms with van der Waals surface area (Å²) in [5.74, 6) is 0. The van der Waals surface area contributed by atoms with Crippen molar-refractivity contribution in [3.05, 3.63) is 41.5 Å². The Bertz CT molecular complexity index is 474. The molecule has 0 spiro atoms. The molecular formula is C16H22N2O. The van der Waals surface area contributed by atoms with Crippen LogP contribution in [-0.4, -0.2) is 43.9 Å². The Labute approximate surface area is 115 Å². The lowest BCUT2D eigenvalue weighted by atomic mass is 10.0. The molecule has 0 atom stereocenters. The molecule has 0 aliphatic carbocycles. The number of rotatable bonds is 4. The highest BCUT2D eigenvalue weighted by molar-refractivity contribution is 5.79. The van der Waals surface area contributed by atoms with E-state index in [-0.39, 0.29) is 0 Å². The van der Waals surface area contributed by atoms with Crippen molar-refractivity contribution in [3.8, 4) is 0 Å². The van der Waals surface area contributed by atoms with Crippen molar-refractivity contribution >= 4 is 12.0 Å². The SMILES string of the molecule is C=CCN1CCN(c2cc(C)c(C=O)cc2C)CC1. The number of carbonyl (C=O) groups is 1. The standard InChI is InChI=1S/C16H22N2O/c1-4-5-17-6-8-18(9-7-17)16-11-13(2)15(12-19)10-14(16)3/h4,10-12H,1,5-9H2,2-3H3. The topological polar surface area (TPSA) is 23.6 Å². The van der Waals surface area contributed by atoms with Gasteiger partial charge < -0.3 is 4.90 Å². The molecule has 1 aromatic rings. The first kappa shape index (κ1) is 13.8. The van der Waals surface area contributed by atoms with Gasteiger partial charge in [0, 0.05) is 44.0 Å².